The Bertz CT molecular complexity index is 479. The second-order valence-corrected chi connectivity index (χ2v) is 7.03. The molecule has 0 radical (unpaired) electrons. The van der Waals surface area contributed by atoms with Crippen LogP contribution >= 0.6 is 11.8 Å². The minimum absolute atomic E-state index is 0.00560. The molecule has 0 N–H and O–H groups in total. The van der Waals surface area contributed by atoms with Gasteiger partial charge in [0.15, 0.2) is 0 Å². The zero-order valence-corrected chi connectivity index (χ0v) is 12.8. The summed E-state index contributed by atoms with van der Waals surface area (Å²) in [6.07, 6.45) is 3.40. The number of nitrogens with zero attached hydrogens (tertiary/aromatic N) is 1. The number of ether oxygens (including phenoxy) is 1. The smallest absolute Gasteiger partial charge is 0.311 e. The van der Waals surface area contributed by atoms with Gasteiger partial charge in [0.1, 0.15) is 0 Å². The molecule has 1 aromatic rings. The molecular formula is C16H21NO2S. The number of fused-ring (bicyclic) bond motifs is 2. The zero-order valence-electron chi connectivity index (χ0n) is 12.0. The van der Waals surface area contributed by atoms with Crippen LogP contribution in [0.3, 0.4) is 0 Å². The highest BCUT2D eigenvalue weighted by atomic mass is 32.2. The molecule has 2 unspecified atom stereocenters. The summed E-state index contributed by atoms with van der Waals surface area (Å²) in [5, 5.41) is 0.332. The summed E-state index contributed by atoms with van der Waals surface area (Å²) in [6, 6.07) is 11.4. The molecule has 4 heteroatoms. The van der Waals surface area contributed by atoms with E-state index in [0.29, 0.717) is 17.3 Å². The molecule has 2 saturated heterocycles. The normalized spacial score (nSPS) is 33.1. The molecule has 3 nitrogen and oxygen atoms in total. The fourth-order valence-corrected chi connectivity index (χ4v) is 5.08. The molecule has 0 aliphatic carbocycles. The van der Waals surface area contributed by atoms with Crippen molar-refractivity contribution in [1.29, 1.82) is 0 Å². The molecule has 2 aliphatic heterocycles. The fourth-order valence-electron chi connectivity index (χ4n) is 3.66. The van der Waals surface area contributed by atoms with E-state index in [1.54, 1.807) is 0 Å². The first-order valence-electron chi connectivity index (χ1n) is 7.22. The molecule has 0 amide bonds. The molecule has 0 saturated carbocycles. The Kier molecular flexibility index (Phi) is 4.03. The predicted octanol–water partition coefficient (Wildman–Crippen LogP) is 2.80. The topological polar surface area (TPSA) is 29.5 Å². The third-order valence-electron chi connectivity index (χ3n) is 4.72. The standard InChI is InChI=1S/C16H21NO2S/c1-17-11-8-9-13(17)15(16(18)19-2)14(10-11)20-12-6-4-3-5-7-12/h3-7,11,13-15H,8-10H2,1-2H3/t11-,13+,14?,15?/m0/s1. The van der Waals surface area contributed by atoms with Crippen molar-refractivity contribution in [3.05, 3.63) is 30.3 Å². The van der Waals surface area contributed by atoms with Crippen LogP contribution in [0.1, 0.15) is 19.3 Å². The molecule has 0 aromatic heterocycles. The van der Waals surface area contributed by atoms with Crippen molar-refractivity contribution in [1.82, 2.24) is 4.90 Å². The van der Waals surface area contributed by atoms with Gasteiger partial charge in [-0.1, -0.05) is 18.2 Å². The minimum atomic E-state index is -0.0457. The van der Waals surface area contributed by atoms with Crippen molar-refractivity contribution in [2.24, 2.45) is 5.92 Å². The van der Waals surface area contributed by atoms with Gasteiger partial charge >= 0.3 is 5.97 Å². The lowest BCUT2D eigenvalue weighted by Crippen LogP contribution is -2.51. The summed E-state index contributed by atoms with van der Waals surface area (Å²) in [5.41, 5.74) is 0. The van der Waals surface area contributed by atoms with Crippen molar-refractivity contribution in [3.63, 3.8) is 0 Å². The summed E-state index contributed by atoms with van der Waals surface area (Å²) in [6.45, 7) is 0. The van der Waals surface area contributed by atoms with E-state index in [4.69, 9.17) is 4.74 Å². The van der Waals surface area contributed by atoms with Crippen LogP contribution in [0.2, 0.25) is 0 Å². The van der Waals surface area contributed by atoms with E-state index in [1.807, 2.05) is 17.8 Å². The maximum absolute atomic E-state index is 12.2. The lowest BCUT2D eigenvalue weighted by molar-refractivity contribution is -0.148. The number of methoxy groups -OCH3 is 1. The number of carbonyl (C=O) groups excluding carboxylic acids is 1. The molecule has 1 aromatic carbocycles. The molecule has 3 rings (SSSR count). The Labute approximate surface area is 124 Å². The number of piperidine rings is 1. The molecule has 2 bridgehead atoms. The number of thioether (sulfide) groups is 1. The summed E-state index contributed by atoms with van der Waals surface area (Å²) < 4.78 is 5.08. The monoisotopic (exact) mass is 291 g/mol. The van der Waals surface area contributed by atoms with Crippen molar-refractivity contribution in [3.8, 4) is 0 Å². The molecule has 2 heterocycles. The molecule has 2 fully saturated rings. The lowest BCUT2D eigenvalue weighted by Gasteiger charge is -2.41. The zero-order chi connectivity index (χ0) is 14.1. The summed E-state index contributed by atoms with van der Waals surface area (Å²) >= 11 is 1.84. The Morgan fingerprint density at radius 3 is 2.75 bits per heavy atom. The second kappa shape index (κ2) is 5.78. The maximum Gasteiger partial charge on any atom is 0.311 e. The molecule has 0 spiro atoms. The third kappa shape index (κ3) is 2.47. The molecular weight excluding hydrogens is 270 g/mol. The quantitative estimate of drug-likeness (QED) is 0.801. The van der Waals surface area contributed by atoms with E-state index in [2.05, 4.69) is 36.2 Å². The van der Waals surface area contributed by atoms with Gasteiger partial charge in [0, 0.05) is 22.2 Å². The van der Waals surface area contributed by atoms with Crippen LogP contribution in [-0.4, -0.2) is 42.4 Å². The SMILES string of the molecule is COC(=O)C1C(Sc2ccccc2)C[C@@H]2CC[C@H]1N2C. The van der Waals surface area contributed by atoms with Crippen LogP contribution in [0.15, 0.2) is 35.2 Å². The van der Waals surface area contributed by atoms with Gasteiger partial charge in [-0.25, -0.2) is 0 Å². The third-order valence-corrected chi connectivity index (χ3v) is 6.05. The number of benzene rings is 1. The first-order chi connectivity index (χ1) is 9.70. The lowest BCUT2D eigenvalue weighted by atomic mass is 9.90. The van der Waals surface area contributed by atoms with Crippen molar-refractivity contribution in [2.45, 2.75) is 41.5 Å². The number of esters is 1. The van der Waals surface area contributed by atoms with Gasteiger partial charge in [0.25, 0.3) is 0 Å². The van der Waals surface area contributed by atoms with Crippen LogP contribution in [0.25, 0.3) is 0 Å². The van der Waals surface area contributed by atoms with Gasteiger partial charge in [0.05, 0.1) is 13.0 Å². The van der Waals surface area contributed by atoms with Gasteiger partial charge in [0.2, 0.25) is 0 Å². The van der Waals surface area contributed by atoms with E-state index in [1.165, 1.54) is 18.4 Å². The van der Waals surface area contributed by atoms with Gasteiger partial charge in [-0.2, -0.15) is 0 Å². The van der Waals surface area contributed by atoms with E-state index in [9.17, 15) is 4.79 Å². The predicted molar refractivity (Wildman–Crippen MR) is 80.8 cm³/mol. The summed E-state index contributed by atoms with van der Waals surface area (Å²) in [4.78, 5) is 15.9. The van der Waals surface area contributed by atoms with Crippen LogP contribution in [-0.2, 0) is 9.53 Å². The highest BCUT2D eigenvalue weighted by molar-refractivity contribution is 8.00. The number of hydrogen-bond acceptors (Lipinski definition) is 4. The van der Waals surface area contributed by atoms with E-state index in [0.717, 1.165) is 12.8 Å². The van der Waals surface area contributed by atoms with Crippen molar-refractivity contribution >= 4 is 17.7 Å². The molecule has 4 atom stereocenters. The number of carbonyl (C=O) groups is 1. The second-order valence-electron chi connectivity index (χ2n) is 5.72. The van der Waals surface area contributed by atoms with Gasteiger partial charge in [-0.15, -0.1) is 11.8 Å². The largest absolute Gasteiger partial charge is 0.469 e. The van der Waals surface area contributed by atoms with Crippen molar-refractivity contribution < 1.29 is 9.53 Å². The molecule has 2 aliphatic rings. The van der Waals surface area contributed by atoms with Crippen LogP contribution < -0.4 is 0 Å². The van der Waals surface area contributed by atoms with E-state index < -0.39 is 0 Å². The highest BCUT2D eigenvalue weighted by Gasteiger charge is 2.49. The van der Waals surface area contributed by atoms with Crippen molar-refractivity contribution in [2.75, 3.05) is 14.2 Å². The number of hydrogen-bond donors (Lipinski definition) is 0. The first-order valence-corrected chi connectivity index (χ1v) is 8.10. The maximum atomic E-state index is 12.2. The molecule has 20 heavy (non-hydrogen) atoms. The van der Waals surface area contributed by atoms with Crippen LogP contribution in [0.4, 0.5) is 0 Å². The Morgan fingerprint density at radius 2 is 2.05 bits per heavy atom. The Morgan fingerprint density at radius 1 is 1.30 bits per heavy atom. The van der Waals surface area contributed by atoms with E-state index in [-0.39, 0.29) is 11.9 Å². The van der Waals surface area contributed by atoms with Crippen LogP contribution in [0, 0.1) is 5.92 Å². The van der Waals surface area contributed by atoms with E-state index >= 15 is 0 Å². The summed E-state index contributed by atoms with van der Waals surface area (Å²) in [7, 11) is 3.66. The van der Waals surface area contributed by atoms with Gasteiger partial charge in [-0.05, 0) is 38.4 Å². The van der Waals surface area contributed by atoms with Gasteiger partial charge < -0.3 is 4.74 Å². The molecule has 108 valence electrons. The number of rotatable bonds is 3. The Balaban J connectivity index is 1.82. The van der Waals surface area contributed by atoms with Gasteiger partial charge in [-0.3, -0.25) is 9.69 Å². The fraction of sp³-hybridized carbons (Fsp3) is 0.562. The average Bonchev–Trinajstić information content (AvgIpc) is 2.72. The summed E-state index contributed by atoms with van der Waals surface area (Å²) in [5.74, 6) is -0.0513. The highest BCUT2D eigenvalue weighted by Crippen LogP contribution is 2.45. The average molecular weight is 291 g/mol. The van der Waals surface area contributed by atoms with Crippen LogP contribution in [0.5, 0.6) is 0 Å². The Hall–Kier alpha value is -1.00. The minimum Gasteiger partial charge on any atom is -0.469 e. The first kappa shape index (κ1) is 14.0.